The number of halogens is 1. The summed E-state index contributed by atoms with van der Waals surface area (Å²) in [7, 11) is 0. The third-order valence-corrected chi connectivity index (χ3v) is 4.03. The molecule has 1 amide bonds. The summed E-state index contributed by atoms with van der Waals surface area (Å²) < 4.78 is 0.817. The normalized spacial score (nSPS) is 10.9. The number of nitrogens with one attached hydrogen (secondary N) is 1. The van der Waals surface area contributed by atoms with Crippen molar-refractivity contribution < 1.29 is 9.90 Å². The Hall–Kier alpha value is -1.73. The number of carbonyl (C=O) groups is 1. The van der Waals surface area contributed by atoms with E-state index < -0.39 is 0 Å². The Kier molecular flexibility index (Phi) is 4.51. The summed E-state index contributed by atoms with van der Waals surface area (Å²) in [5.74, 6) is -0.213. The van der Waals surface area contributed by atoms with E-state index in [0.29, 0.717) is 16.1 Å². The highest BCUT2D eigenvalue weighted by Crippen LogP contribution is 2.20. The van der Waals surface area contributed by atoms with E-state index in [9.17, 15) is 9.90 Å². The number of phenols is 1. The fourth-order valence-corrected chi connectivity index (χ4v) is 2.77. The summed E-state index contributed by atoms with van der Waals surface area (Å²) in [6.45, 7) is 3.62. The van der Waals surface area contributed by atoms with Gasteiger partial charge in [0.15, 0.2) is 0 Å². The van der Waals surface area contributed by atoms with Gasteiger partial charge in [0, 0.05) is 10.0 Å². The SMILES string of the molecule is Cc1nc(C)c(C(=O)N/N=C/c2cc(Br)ccc2O)s1. The number of rotatable bonds is 3. The average Bonchev–Trinajstić information content (AvgIpc) is 2.72. The minimum absolute atomic E-state index is 0.0935. The Morgan fingerprint density at radius 1 is 1.50 bits per heavy atom. The second-order valence-electron chi connectivity index (χ2n) is 4.05. The van der Waals surface area contributed by atoms with Crippen molar-refractivity contribution in [3.8, 4) is 5.75 Å². The molecular weight excluding hydrogens is 342 g/mol. The van der Waals surface area contributed by atoms with Gasteiger partial charge in [0.1, 0.15) is 10.6 Å². The topological polar surface area (TPSA) is 74.6 Å². The van der Waals surface area contributed by atoms with Gasteiger partial charge in [0.05, 0.1) is 16.9 Å². The number of aromatic nitrogens is 1. The summed E-state index contributed by atoms with van der Waals surface area (Å²) in [6.07, 6.45) is 1.39. The molecule has 0 aliphatic heterocycles. The fourth-order valence-electron chi connectivity index (χ4n) is 1.58. The summed E-state index contributed by atoms with van der Waals surface area (Å²) >= 11 is 4.62. The van der Waals surface area contributed by atoms with Gasteiger partial charge in [-0.1, -0.05) is 15.9 Å². The van der Waals surface area contributed by atoms with Crippen LogP contribution in [0.15, 0.2) is 27.8 Å². The maximum absolute atomic E-state index is 11.9. The minimum Gasteiger partial charge on any atom is -0.507 e. The third-order valence-electron chi connectivity index (χ3n) is 2.47. The summed E-state index contributed by atoms with van der Waals surface area (Å²) in [6, 6.07) is 4.96. The van der Waals surface area contributed by atoms with Crippen LogP contribution in [0.25, 0.3) is 0 Å². The number of aromatic hydroxyl groups is 1. The Morgan fingerprint density at radius 3 is 2.90 bits per heavy atom. The smallest absolute Gasteiger partial charge is 0.283 e. The van der Waals surface area contributed by atoms with Gasteiger partial charge in [-0.3, -0.25) is 4.79 Å². The second kappa shape index (κ2) is 6.15. The van der Waals surface area contributed by atoms with E-state index in [1.807, 2.05) is 6.92 Å². The number of thiazole rings is 1. The number of nitrogens with zero attached hydrogens (tertiary/aromatic N) is 2. The molecule has 0 radical (unpaired) electrons. The van der Waals surface area contributed by atoms with E-state index in [4.69, 9.17) is 0 Å². The first-order valence-corrected chi connectivity index (χ1v) is 7.34. The first-order valence-electron chi connectivity index (χ1n) is 5.73. The number of phenolic OH excluding ortho intramolecular Hbond substituents is 1. The molecule has 0 aliphatic rings. The molecule has 0 unspecified atom stereocenters. The monoisotopic (exact) mass is 353 g/mol. The Balaban J connectivity index is 2.08. The maximum Gasteiger partial charge on any atom is 0.283 e. The number of hydrazone groups is 1. The number of carbonyl (C=O) groups excluding carboxylic acids is 1. The highest BCUT2D eigenvalue weighted by molar-refractivity contribution is 9.10. The molecule has 5 nitrogen and oxygen atoms in total. The molecule has 1 heterocycles. The maximum atomic E-state index is 11.9. The van der Waals surface area contributed by atoms with Gasteiger partial charge in [-0.25, -0.2) is 10.4 Å². The van der Waals surface area contributed by atoms with Crippen molar-refractivity contribution in [3.63, 3.8) is 0 Å². The van der Waals surface area contributed by atoms with E-state index in [1.165, 1.54) is 17.6 Å². The van der Waals surface area contributed by atoms with Crippen LogP contribution in [0.2, 0.25) is 0 Å². The van der Waals surface area contributed by atoms with Crippen molar-refractivity contribution in [2.24, 2.45) is 5.10 Å². The fraction of sp³-hybridized carbons (Fsp3) is 0.154. The van der Waals surface area contributed by atoms with E-state index in [2.05, 4.69) is 31.4 Å². The van der Waals surface area contributed by atoms with Crippen molar-refractivity contribution in [2.75, 3.05) is 0 Å². The Bertz CT molecular complexity index is 682. The number of aryl methyl sites for hydroxylation is 2. The van der Waals surface area contributed by atoms with Crippen LogP contribution < -0.4 is 5.43 Å². The van der Waals surface area contributed by atoms with Crippen LogP contribution >= 0.6 is 27.3 Å². The molecule has 104 valence electrons. The van der Waals surface area contributed by atoms with Gasteiger partial charge in [0.2, 0.25) is 0 Å². The largest absolute Gasteiger partial charge is 0.507 e. The quantitative estimate of drug-likeness (QED) is 0.657. The molecule has 20 heavy (non-hydrogen) atoms. The van der Waals surface area contributed by atoms with E-state index >= 15 is 0 Å². The van der Waals surface area contributed by atoms with Gasteiger partial charge in [-0.2, -0.15) is 5.10 Å². The zero-order chi connectivity index (χ0) is 14.7. The summed E-state index contributed by atoms with van der Waals surface area (Å²) in [5, 5.41) is 14.3. The summed E-state index contributed by atoms with van der Waals surface area (Å²) in [4.78, 5) is 16.6. The number of hydrogen-bond donors (Lipinski definition) is 2. The van der Waals surface area contributed by atoms with Crippen molar-refractivity contribution in [2.45, 2.75) is 13.8 Å². The van der Waals surface area contributed by atoms with Crippen molar-refractivity contribution in [1.29, 1.82) is 0 Å². The molecule has 0 aliphatic carbocycles. The van der Waals surface area contributed by atoms with Crippen molar-refractivity contribution in [1.82, 2.24) is 10.4 Å². The lowest BCUT2D eigenvalue weighted by atomic mass is 10.2. The van der Waals surface area contributed by atoms with E-state index in [-0.39, 0.29) is 11.7 Å². The zero-order valence-corrected chi connectivity index (χ0v) is 13.2. The lowest BCUT2D eigenvalue weighted by molar-refractivity contribution is 0.0958. The average molecular weight is 354 g/mol. The molecule has 7 heteroatoms. The van der Waals surface area contributed by atoms with Crippen LogP contribution in [0.1, 0.15) is 25.9 Å². The lowest BCUT2D eigenvalue weighted by Gasteiger charge is -2.00. The first kappa shape index (κ1) is 14.7. The first-order chi connectivity index (χ1) is 9.47. The highest BCUT2D eigenvalue weighted by Gasteiger charge is 2.12. The van der Waals surface area contributed by atoms with Gasteiger partial charge in [0.25, 0.3) is 5.91 Å². The van der Waals surface area contributed by atoms with Crippen molar-refractivity contribution in [3.05, 3.63) is 43.8 Å². The van der Waals surface area contributed by atoms with E-state index in [0.717, 1.165) is 9.48 Å². The molecule has 0 saturated carbocycles. The van der Waals surface area contributed by atoms with Crippen LogP contribution in [0, 0.1) is 13.8 Å². The van der Waals surface area contributed by atoms with Gasteiger partial charge in [-0.15, -0.1) is 11.3 Å². The van der Waals surface area contributed by atoms with Crippen molar-refractivity contribution >= 4 is 39.4 Å². The predicted molar refractivity (Wildman–Crippen MR) is 82.5 cm³/mol. The van der Waals surface area contributed by atoms with E-state index in [1.54, 1.807) is 25.1 Å². The number of amides is 1. The molecule has 0 spiro atoms. The van der Waals surface area contributed by atoms with Crippen LogP contribution in [-0.4, -0.2) is 22.2 Å². The summed E-state index contributed by atoms with van der Waals surface area (Å²) in [5.41, 5.74) is 3.62. The molecular formula is C13H12BrN3O2S. The number of hydrogen-bond acceptors (Lipinski definition) is 5. The lowest BCUT2D eigenvalue weighted by Crippen LogP contribution is -2.17. The standard InChI is InChI=1S/C13H12BrN3O2S/c1-7-12(20-8(2)16-7)13(19)17-15-6-9-5-10(14)3-4-11(9)18/h3-6,18H,1-2H3,(H,17,19)/b15-6+. The molecule has 0 bridgehead atoms. The van der Waals surface area contributed by atoms with Crippen LogP contribution in [0.3, 0.4) is 0 Å². The molecule has 0 atom stereocenters. The Labute approximate surface area is 128 Å². The van der Waals surface area contributed by atoms with Gasteiger partial charge < -0.3 is 5.11 Å². The molecule has 2 N–H and O–H groups in total. The van der Waals surface area contributed by atoms with Gasteiger partial charge in [-0.05, 0) is 32.0 Å². The number of benzene rings is 1. The minimum atomic E-state index is -0.307. The second-order valence-corrected chi connectivity index (χ2v) is 6.17. The van der Waals surface area contributed by atoms with Crippen LogP contribution in [0.4, 0.5) is 0 Å². The zero-order valence-electron chi connectivity index (χ0n) is 10.8. The molecule has 1 aromatic carbocycles. The predicted octanol–water partition coefficient (Wildman–Crippen LogP) is 2.99. The highest BCUT2D eigenvalue weighted by atomic mass is 79.9. The molecule has 2 aromatic rings. The van der Waals surface area contributed by atoms with Gasteiger partial charge >= 0.3 is 0 Å². The molecule has 1 aromatic heterocycles. The molecule has 0 saturated heterocycles. The van der Waals surface area contributed by atoms with Crippen LogP contribution in [0.5, 0.6) is 5.75 Å². The Morgan fingerprint density at radius 2 is 2.25 bits per heavy atom. The molecule has 2 rings (SSSR count). The molecule has 0 fully saturated rings. The van der Waals surface area contributed by atoms with Crippen LogP contribution in [-0.2, 0) is 0 Å². The third kappa shape index (κ3) is 3.43.